The summed E-state index contributed by atoms with van der Waals surface area (Å²) >= 11 is 3.34. The van der Waals surface area contributed by atoms with Crippen molar-refractivity contribution < 1.29 is 14.3 Å². The summed E-state index contributed by atoms with van der Waals surface area (Å²) in [4.78, 5) is 28.1. The molecule has 1 heterocycles. The number of rotatable bonds is 2. The molecule has 0 aromatic heterocycles. The number of ether oxygens (including phenoxy) is 1. The summed E-state index contributed by atoms with van der Waals surface area (Å²) in [6, 6.07) is 3.57. The van der Waals surface area contributed by atoms with Crippen LogP contribution in [0.15, 0.2) is 21.6 Å². The summed E-state index contributed by atoms with van der Waals surface area (Å²) in [6.45, 7) is 3.83. The minimum absolute atomic E-state index is 0.251. The van der Waals surface area contributed by atoms with E-state index in [0.717, 1.165) is 10.0 Å². The number of aliphatic imine (C=N–C) groups is 1. The number of carbonyl (C=O) groups excluding carboxylic acids is 2. The Morgan fingerprint density at radius 2 is 2.22 bits per heavy atom. The van der Waals surface area contributed by atoms with Gasteiger partial charge in [0, 0.05) is 16.3 Å². The molecule has 0 saturated heterocycles. The second kappa shape index (κ2) is 5.02. The highest BCUT2D eigenvalue weighted by molar-refractivity contribution is 9.10. The first-order valence-electron chi connectivity index (χ1n) is 5.59. The maximum atomic E-state index is 12.2. The molecule has 2 rings (SSSR count). The van der Waals surface area contributed by atoms with Crippen molar-refractivity contribution in [2.24, 2.45) is 10.9 Å². The molecule has 0 saturated carbocycles. The van der Waals surface area contributed by atoms with Gasteiger partial charge < -0.3 is 4.74 Å². The molecule has 18 heavy (non-hydrogen) atoms. The van der Waals surface area contributed by atoms with Crippen LogP contribution in [0.1, 0.15) is 22.8 Å². The first-order valence-corrected chi connectivity index (χ1v) is 6.39. The van der Waals surface area contributed by atoms with Crippen LogP contribution in [0.5, 0.6) is 0 Å². The lowest BCUT2D eigenvalue weighted by atomic mass is 9.93. The van der Waals surface area contributed by atoms with Crippen LogP contribution in [0.3, 0.4) is 0 Å². The van der Waals surface area contributed by atoms with Crippen molar-refractivity contribution in [3.05, 3.63) is 27.7 Å². The molecule has 4 nitrogen and oxygen atoms in total. The monoisotopic (exact) mass is 309 g/mol. The van der Waals surface area contributed by atoms with Crippen LogP contribution in [-0.4, -0.2) is 24.6 Å². The molecule has 1 aromatic carbocycles. The van der Waals surface area contributed by atoms with Crippen molar-refractivity contribution in [1.29, 1.82) is 0 Å². The molecule has 0 spiro atoms. The number of ketones is 1. The number of carbonyl (C=O) groups is 2. The Morgan fingerprint density at radius 1 is 1.50 bits per heavy atom. The van der Waals surface area contributed by atoms with Gasteiger partial charge in [0.1, 0.15) is 0 Å². The molecule has 1 aromatic rings. The highest BCUT2D eigenvalue weighted by atomic mass is 79.9. The number of hydrogen-bond donors (Lipinski definition) is 0. The summed E-state index contributed by atoms with van der Waals surface area (Å²) < 4.78 is 5.66. The van der Waals surface area contributed by atoms with Gasteiger partial charge in [0.25, 0.3) is 0 Å². The molecule has 1 atom stereocenters. The van der Waals surface area contributed by atoms with E-state index in [0.29, 0.717) is 11.3 Å². The van der Waals surface area contributed by atoms with Gasteiger partial charge in [-0.25, -0.2) is 0 Å². The van der Waals surface area contributed by atoms with Crippen LogP contribution >= 0.6 is 15.9 Å². The number of Topliss-reactive ketones (excluding diaryl/α,β-unsaturated/α-hetero) is 1. The normalized spacial score (nSPS) is 17.5. The zero-order chi connectivity index (χ0) is 13.3. The summed E-state index contributed by atoms with van der Waals surface area (Å²) in [5, 5.41) is 0. The zero-order valence-electron chi connectivity index (χ0n) is 10.1. The topological polar surface area (TPSA) is 55.7 Å². The molecule has 94 valence electrons. The van der Waals surface area contributed by atoms with Crippen LogP contribution in [-0.2, 0) is 9.53 Å². The zero-order valence-corrected chi connectivity index (χ0v) is 11.7. The van der Waals surface area contributed by atoms with Gasteiger partial charge in [-0.05, 0) is 31.5 Å². The van der Waals surface area contributed by atoms with Crippen molar-refractivity contribution in [3.63, 3.8) is 0 Å². The van der Waals surface area contributed by atoms with Crippen molar-refractivity contribution in [1.82, 2.24) is 0 Å². The summed E-state index contributed by atoms with van der Waals surface area (Å²) in [5.41, 5.74) is 1.98. The smallest absolute Gasteiger partial charge is 0.322 e. The van der Waals surface area contributed by atoms with Crippen LogP contribution in [0, 0.1) is 12.8 Å². The molecule has 0 N–H and O–H groups in total. The first-order chi connectivity index (χ1) is 8.54. The lowest BCUT2D eigenvalue weighted by Crippen LogP contribution is -2.29. The van der Waals surface area contributed by atoms with E-state index < -0.39 is 11.9 Å². The fraction of sp³-hybridized carbons (Fsp3) is 0.308. The summed E-state index contributed by atoms with van der Waals surface area (Å²) in [6.07, 6.45) is 1.36. The standard InChI is InChI=1S/C13H12BrNO3/c1-3-18-13(17)10-6-15-11-7(2)4-8(14)5-9(11)12(10)16/h4-6,10H,3H2,1-2H3. The van der Waals surface area contributed by atoms with Gasteiger partial charge in [-0.1, -0.05) is 15.9 Å². The number of aryl methyl sites for hydroxylation is 1. The molecule has 1 unspecified atom stereocenters. The molecule has 0 bridgehead atoms. The highest BCUT2D eigenvalue weighted by Crippen LogP contribution is 2.32. The molecule has 1 aliphatic heterocycles. The van der Waals surface area contributed by atoms with Gasteiger partial charge in [0.2, 0.25) is 0 Å². The van der Waals surface area contributed by atoms with Crippen LogP contribution in [0.4, 0.5) is 5.69 Å². The van der Waals surface area contributed by atoms with Gasteiger partial charge in [-0.2, -0.15) is 0 Å². The largest absolute Gasteiger partial charge is 0.465 e. The predicted molar refractivity (Wildman–Crippen MR) is 71.5 cm³/mol. The van der Waals surface area contributed by atoms with Gasteiger partial charge in [-0.3, -0.25) is 14.6 Å². The Hall–Kier alpha value is -1.49. The number of halogens is 1. The third kappa shape index (κ3) is 2.22. The molecular formula is C13H12BrNO3. The molecular weight excluding hydrogens is 298 g/mol. The van der Waals surface area contributed by atoms with Crippen molar-refractivity contribution in [3.8, 4) is 0 Å². The van der Waals surface area contributed by atoms with Crippen LogP contribution in [0.2, 0.25) is 0 Å². The van der Waals surface area contributed by atoms with Crippen molar-refractivity contribution in [2.45, 2.75) is 13.8 Å². The Bertz CT molecular complexity index is 551. The van der Waals surface area contributed by atoms with E-state index in [1.54, 1.807) is 13.0 Å². The highest BCUT2D eigenvalue weighted by Gasteiger charge is 2.32. The maximum absolute atomic E-state index is 12.2. The van der Waals surface area contributed by atoms with Crippen LogP contribution in [0.25, 0.3) is 0 Å². The molecule has 0 aliphatic carbocycles. The van der Waals surface area contributed by atoms with E-state index >= 15 is 0 Å². The fourth-order valence-electron chi connectivity index (χ4n) is 1.88. The van der Waals surface area contributed by atoms with Gasteiger partial charge in [0.15, 0.2) is 11.7 Å². The Balaban J connectivity index is 2.43. The van der Waals surface area contributed by atoms with E-state index in [1.165, 1.54) is 6.21 Å². The SMILES string of the molecule is CCOC(=O)C1C=Nc2c(C)cc(Br)cc2C1=O. The second-order valence-electron chi connectivity index (χ2n) is 3.99. The Labute approximate surface area is 113 Å². The molecule has 1 aliphatic rings. The number of benzene rings is 1. The maximum Gasteiger partial charge on any atom is 0.322 e. The van der Waals surface area contributed by atoms with Crippen molar-refractivity contribution in [2.75, 3.05) is 6.61 Å². The van der Waals surface area contributed by atoms with Gasteiger partial charge in [-0.15, -0.1) is 0 Å². The lowest BCUT2D eigenvalue weighted by molar-refractivity contribution is -0.143. The van der Waals surface area contributed by atoms with Crippen molar-refractivity contribution >= 4 is 39.6 Å². The van der Waals surface area contributed by atoms with Gasteiger partial charge >= 0.3 is 5.97 Å². The number of hydrogen-bond acceptors (Lipinski definition) is 4. The molecule has 5 heteroatoms. The third-order valence-electron chi connectivity index (χ3n) is 2.71. The fourth-order valence-corrected chi connectivity index (χ4v) is 2.45. The van der Waals surface area contributed by atoms with E-state index in [1.807, 2.05) is 13.0 Å². The number of fused-ring (bicyclic) bond motifs is 1. The number of nitrogens with zero attached hydrogens (tertiary/aromatic N) is 1. The van der Waals surface area contributed by atoms with Crippen LogP contribution < -0.4 is 0 Å². The second-order valence-corrected chi connectivity index (χ2v) is 4.91. The molecule has 0 fully saturated rings. The molecule has 0 amide bonds. The average molecular weight is 310 g/mol. The molecule has 0 radical (unpaired) electrons. The number of esters is 1. The third-order valence-corrected chi connectivity index (χ3v) is 3.16. The summed E-state index contributed by atoms with van der Waals surface area (Å²) in [7, 11) is 0. The predicted octanol–water partition coefficient (Wildman–Crippen LogP) is 2.84. The van der Waals surface area contributed by atoms with E-state index in [4.69, 9.17) is 4.74 Å². The first kappa shape index (κ1) is 13.0. The van der Waals surface area contributed by atoms with E-state index in [-0.39, 0.29) is 12.4 Å². The lowest BCUT2D eigenvalue weighted by Gasteiger charge is -2.17. The Kier molecular flexibility index (Phi) is 3.61. The average Bonchev–Trinajstić information content (AvgIpc) is 2.30. The summed E-state index contributed by atoms with van der Waals surface area (Å²) in [5.74, 6) is -1.73. The minimum Gasteiger partial charge on any atom is -0.465 e. The Morgan fingerprint density at radius 3 is 2.89 bits per heavy atom. The quantitative estimate of drug-likeness (QED) is 0.623. The van der Waals surface area contributed by atoms with E-state index in [2.05, 4.69) is 20.9 Å². The van der Waals surface area contributed by atoms with Gasteiger partial charge in [0.05, 0.1) is 12.3 Å². The minimum atomic E-state index is -0.925. The van der Waals surface area contributed by atoms with E-state index in [9.17, 15) is 9.59 Å².